The van der Waals surface area contributed by atoms with E-state index in [9.17, 15) is 4.79 Å². The molecule has 1 amide bonds. The molecular weight excluding hydrogens is 282 g/mol. The number of nitrogens with one attached hydrogen (secondary N) is 1. The highest BCUT2D eigenvalue weighted by Crippen LogP contribution is 2.23. The van der Waals surface area contributed by atoms with Crippen LogP contribution in [-0.4, -0.2) is 12.5 Å². The van der Waals surface area contributed by atoms with Crippen LogP contribution in [0.4, 0.5) is 0 Å². The Bertz CT molecular complexity index is 271. The van der Waals surface area contributed by atoms with E-state index in [1.54, 1.807) is 0 Å². The first-order valence-electron chi connectivity index (χ1n) is 10.6. The number of carbonyl (C=O) groups excluding carboxylic acids is 1. The molecule has 0 spiro atoms. The maximum Gasteiger partial charge on any atom is 0.223 e. The van der Waals surface area contributed by atoms with Gasteiger partial charge in [0.2, 0.25) is 5.91 Å². The summed E-state index contributed by atoms with van der Waals surface area (Å²) < 4.78 is 0. The third-order valence-corrected chi connectivity index (χ3v) is 5.31. The lowest BCUT2D eigenvalue weighted by Crippen LogP contribution is -2.32. The zero-order valence-corrected chi connectivity index (χ0v) is 15.7. The molecule has 1 aliphatic carbocycles. The Morgan fingerprint density at radius 1 is 0.739 bits per heavy atom. The summed E-state index contributed by atoms with van der Waals surface area (Å²) in [6.07, 6.45) is 22.5. The quantitative estimate of drug-likeness (QED) is 0.369. The third-order valence-electron chi connectivity index (χ3n) is 5.31. The zero-order chi connectivity index (χ0) is 16.6. The van der Waals surface area contributed by atoms with E-state index < -0.39 is 0 Å². The maximum atomic E-state index is 12.0. The fraction of sp³-hybridized carbons (Fsp3) is 0.952. The fourth-order valence-corrected chi connectivity index (χ4v) is 3.69. The Labute approximate surface area is 145 Å². The van der Waals surface area contributed by atoms with Crippen LogP contribution in [-0.2, 0) is 4.79 Å². The van der Waals surface area contributed by atoms with Crippen molar-refractivity contribution in [1.82, 2.24) is 5.32 Å². The summed E-state index contributed by atoms with van der Waals surface area (Å²) in [6, 6.07) is 0. The number of carbonyl (C=O) groups is 1. The third kappa shape index (κ3) is 11.6. The predicted molar refractivity (Wildman–Crippen MR) is 101 cm³/mol. The van der Waals surface area contributed by atoms with E-state index >= 15 is 0 Å². The van der Waals surface area contributed by atoms with Gasteiger partial charge in [0.25, 0.3) is 0 Å². The fourth-order valence-electron chi connectivity index (χ4n) is 3.69. The van der Waals surface area contributed by atoms with Gasteiger partial charge in [-0.2, -0.15) is 0 Å². The van der Waals surface area contributed by atoms with E-state index in [0.717, 1.165) is 25.8 Å². The molecule has 0 saturated heterocycles. The summed E-state index contributed by atoms with van der Waals surface area (Å²) >= 11 is 0. The van der Waals surface area contributed by atoms with Crippen molar-refractivity contribution in [3.63, 3.8) is 0 Å². The van der Waals surface area contributed by atoms with Gasteiger partial charge in [0.05, 0.1) is 0 Å². The molecule has 1 fully saturated rings. The minimum absolute atomic E-state index is 0.320. The minimum Gasteiger partial charge on any atom is -0.356 e. The summed E-state index contributed by atoms with van der Waals surface area (Å²) in [7, 11) is 0. The highest BCUT2D eigenvalue weighted by atomic mass is 16.1. The van der Waals surface area contributed by atoms with E-state index in [-0.39, 0.29) is 0 Å². The van der Waals surface area contributed by atoms with Gasteiger partial charge in [-0.3, -0.25) is 4.79 Å². The lowest BCUT2D eigenvalue weighted by atomic mass is 9.88. The van der Waals surface area contributed by atoms with Crippen LogP contribution in [0.1, 0.15) is 116 Å². The van der Waals surface area contributed by atoms with E-state index in [0.29, 0.717) is 11.8 Å². The van der Waals surface area contributed by atoms with Gasteiger partial charge < -0.3 is 5.32 Å². The number of hydrogen-bond acceptors (Lipinski definition) is 1. The Balaban J connectivity index is 1.76. The molecule has 0 aromatic carbocycles. The van der Waals surface area contributed by atoms with Crippen LogP contribution in [0.5, 0.6) is 0 Å². The molecule has 0 bridgehead atoms. The van der Waals surface area contributed by atoms with Gasteiger partial charge in [-0.05, 0) is 19.3 Å². The second kappa shape index (κ2) is 15.0. The standard InChI is InChI=1S/C21H41NO/c1-2-3-4-5-6-7-8-9-10-11-12-16-19-22-21(23)20-17-14-13-15-18-20/h20H,2-19H2,1H3,(H,22,23). The first-order valence-corrected chi connectivity index (χ1v) is 10.6. The molecule has 0 aliphatic heterocycles. The summed E-state index contributed by atoms with van der Waals surface area (Å²) in [5, 5.41) is 3.15. The van der Waals surface area contributed by atoms with Crippen LogP contribution in [0.15, 0.2) is 0 Å². The van der Waals surface area contributed by atoms with Gasteiger partial charge >= 0.3 is 0 Å². The van der Waals surface area contributed by atoms with Gasteiger partial charge in [-0.1, -0.05) is 96.8 Å². The molecule has 1 rings (SSSR count). The smallest absolute Gasteiger partial charge is 0.223 e. The molecule has 1 aliphatic rings. The van der Waals surface area contributed by atoms with E-state index in [4.69, 9.17) is 0 Å². The van der Waals surface area contributed by atoms with Gasteiger partial charge in [0.15, 0.2) is 0 Å². The molecule has 0 aromatic rings. The number of amides is 1. The Morgan fingerprint density at radius 2 is 1.22 bits per heavy atom. The molecule has 1 saturated carbocycles. The van der Waals surface area contributed by atoms with Crippen molar-refractivity contribution >= 4 is 5.91 Å². The first-order chi connectivity index (χ1) is 11.3. The molecule has 0 atom stereocenters. The van der Waals surface area contributed by atoms with Crippen molar-refractivity contribution in [3.8, 4) is 0 Å². The SMILES string of the molecule is CCCCCCCCCCCCCCNC(=O)C1CCCCC1. The molecule has 2 nitrogen and oxygen atoms in total. The highest BCUT2D eigenvalue weighted by Gasteiger charge is 2.20. The Hall–Kier alpha value is -0.530. The lowest BCUT2D eigenvalue weighted by molar-refractivity contribution is -0.125. The predicted octanol–water partition coefficient (Wildman–Crippen LogP) is 6.38. The van der Waals surface area contributed by atoms with Gasteiger partial charge in [-0.25, -0.2) is 0 Å². The Morgan fingerprint density at radius 3 is 1.74 bits per heavy atom. The van der Waals surface area contributed by atoms with E-state index in [1.807, 2.05) is 0 Å². The first kappa shape index (κ1) is 20.5. The molecular formula is C21H41NO. The van der Waals surface area contributed by atoms with Crippen LogP contribution in [0, 0.1) is 5.92 Å². The zero-order valence-electron chi connectivity index (χ0n) is 15.7. The van der Waals surface area contributed by atoms with Gasteiger partial charge in [0, 0.05) is 12.5 Å². The van der Waals surface area contributed by atoms with Crippen molar-refractivity contribution in [3.05, 3.63) is 0 Å². The molecule has 0 unspecified atom stereocenters. The maximum absolute atomic E-state index is 12.0. The van der Waals surface area contributed by atoms with Crippen LogP contribution in [0.25, 0.3) is 0 Å². The number of unbranched alkanes of at least 4 members (excludes halogenated alkanes) is 11. The second-order valence-electron chi connectivity index (χ2n) is 7.52. The van der Waals surface area contributed by atoms with Crippen molar-refractivity contribution in [2.24, 2.45) is 5.92 Å². The van der Waals surface area contributed by atoms with Crippen LogP contribution >= 0.6 is 0 Å². The summed E-state index contributed by atoms with van der Waals surface area (Å²) in [5.41, 5.74) is 0. The molecule has 0 aromatic heterocycles. The molecule has 0 radical (unpaired) electrons. The van der Waals surface area contributed by atoms with Crippen LogP contribution in [0.2, 0.25) is 0 Å². The van der Waals surface area contributed by atoms with Crippen LogP contribution < -0.4 is 5.32 Å². The molecule has 2 heteroatoms. The highest BCUT2D eigenvalue weighted by molar-refractivity contribution is 5.78. The summed E-state index contributed by atoms with van der Waals surface area (Å²) in [5.74, 6) is 0.647. The number of rotatable bonds is 14. The molecule has 1 N–H and O–H groups in total. The normalized spacial score (nSPS) is 15.7. The minimum atomic E-state index is 0.320. The average molecular weight is 324 g/mol. The molecule has 23 heavy (non-hydrogen) atoms. The van der Waals surface area contributed by atoms with Crippen molar-refractivity contribution in [2.45, 2.75) is 116 Å². The Kier molecular flexibility index (Phi) is 13.4. The van der Waals surface area contributed by atoms with Crippen molar-refractivity contribution in [2.75, 3.05) is 6.54 Å². The van der Waals surface area contributed by atoms with Crippen LogP contribution in [0.3, 0.4) is 0 Å². The molecule has 136 valence electrons. The largest absolute Gasteiger partial charge is 0.356 e. The summed E-state index contributed by atoms with van der Waals surface area (Å²) in [6.45, 7) is 3.17. The average Bonchev–Trinajstić information content (AvgIpc) is 2.59. The second-order valence-corrected chi connectivity index (χ2v) is 7.52. The van der Waals surface area contributed by atoms with Crippen molar-refractivity contribution < 1.29 is 4.79 Å². The molecule has 0 heterocycles. The lowest BCUT2D eigenvalue weighted by Gasteiger charge is -2.20. The topological polar surface area (TPSA) is 29.1 Å². The van der Waals surface area contributed by atoms with Crippen molar-refractivity contribution in [1.29, 1.82) is 0 Å². The van der Waals surface area contributed by atoms with E-state index in [2.05, 4.69) is 12.2 Å². The van der Waals surface area contributed by atoms with E-state index in [1.165, 1.54) is 89.9 Å². The number of hydrogen-bond donors (Lipinski definition) is 1. The van der Waals surface area contributed by atoms with Gasteiger partial charge in [0.1, 0.15) is 0 Å². The van der Waals surface area contributed by atoms with Gasteiger partial charge in [-0.15, -0.1) is 0 Å². The monoisotopic (exact) mass is 323 g/mol. The summed E-state index contributed by atoms with van der Waals surface area (Å²) in [4.78, 5) is 12.0.